The molecular formula is C12H22N4. The van der Waals surface area contributed by atoms with Gasteiger partial charge in [-0.15, -0.1) is 10.2 Å². The molecular weight excluding hydrogens is 200 g/mol. The first-order chi connectivity index (χ1) is 7.70. The molecule has 1 unspecified atom stereocenters. The summed E-state index contributed by atoms with van der Waals surface area (Å²) < 4.78 is 2.30. The van der Waals surface area contributed by atoms with E-state index in [1.54, 1.807) is 0 Å². The molecule has 16 heavy (non-hydrogen) atoms. The van der Waals surface area contributed by atoms with Crippen LogP contribution in [0.4, 0.5) is 0 Å². The van der Waals surface area contributed by atoms with Crippen LogP contribution in [-0.2, 0) is 19.4 Å². The average Bonchev–Trinajstić information content (AvgIpc) is 2.68. The van der Waals surface area contributed by atoms with Crippen LogP contribution in [0.15, 0.2) is 0 Å². The van der Waals surface area contributed by atoms with Gasteiger partial charge in [0, 0.05) is 19.4 Å². The minimum atomic E-state index is 0.612. The quantitative estimate of drug-likeness (QED) is 0.837. The molecule has 1 atom stereocenters. The summed E-state index contributed by atoms with van der Waals surface area (Å²) in [4.78, 5) is 0. The van der Waals surface area contributed by atoms with Crippen molar-refractivity contribution in [2.75, 3.05) is 6.54 Å². The lowest BCUT2D eigenvalue weighted by molar-refractivity contribution is 0.364. The van der Waals surface area contributed by atoms with E-state index < -0.39 is 0 Å². The van der Waals surface area contributed by atoms with Crippen LogP contribution in [0, 0.1) is 11.8 Å². The topological polar surface area (TPSA) is 56.7 Å². The molecule has 0 radical (unpaired) electrons. The zero-order chi connectivity index (χ0) is 11.5. The lowest BCUT2D eigenvalue weighted by atomic mass is 9.99. The largest absolute Gasteiger partial charge is 0.330 e. The molecule has 2 rings (SSSR count). The van der Waals surface area contributed by atoms with Gasteiger partial charge in [-0.3, -0.25) is 0 Å². The number of aryl methyl sites for hydroxylation is 2. The summed E-state index contributed by atoms with van der Waals surface area (Å²) in [6.45, 7) is 6.29. The maximum atomic E-state index is 5.75. The van der Waals surface area contributed by atoms with Crippen molar-refractivity contribution in [3.8, 4) is 0 Å². The Morgan fingerprint density at radius 1 is 1.44 bits per heavy atom. The number of rotatable bonds is 4. The normalized spacial score (nSPS) is 20.1. The number of hydrogen-bond acceptors (Lipinski definition) is 3. The Kier molecular flexibility index (Phi) is 3.59. The van der Waals surface area contributed by atoms with Gasteiger partial charge < -0.3 is 10.3 Å². The molecule has 0 saturated heterocycles. The van der Waals surface area contributed by atoms with Crippen LogP contribution >= 0.6 is 0 Å². The smallest absolute Gasteiger partial charge is 0.133 e. The molecule has 1 aromatic rings. The summed E-state index contributed by atoms with van der Waals surface area (Å²) in [5, 5.41) is 8.59. The summed E-state index contributed by atoms with van der Waals surface area (Å²) in [6.07, 6.45) is 4.43. The maximum absolute atomic E-state index is 5.75. The minimum Gasteiger partial charge on any atom is -0.330 e. The van der Waals surface area contributed by atoms with Crippen LogP contribution in [0.25, 0.3) is 0 Å². The fourth-order valence-electron chi connectivity index (χ4n) is 2.25. The van der Waals surface area contributed by atoms with Crippen molar-refractivity contribution < 1.29 is 0 Å². The number of nitrogens with two attached hydrogens (primary N) is 1. The van der Waals surface area contributed by atoms with Gasteiger partial charge in [-0.25, -0.2) is 0 Å². The summed E-state index contributed by atoms with van der Waals surface area (Å²) in [5.74, 6) is 3.65. The molecule has 1 aromatic heterocycles. The van der Waals surface area contributed by atoms with Crippen molar-refractivity contribution in [1.82, 2.24) is 14.8 Å². The van der Waals surface area contributed by atoms with Crippen LogP contribution in [0.2, 0.25) is 0 Å². The predicted molar refractivity (Wildman–Crippen MR) is 64.0 cm³/mol. The summed E-state index contributed by atoms with van der Waals surface area (Å²) in [6, 6.07) is 0. The molecule has 0 aromatic carbocycles. The fraction of sp³-hybridized carbons (Fsp3) is 0.833. The first-order valence-corrected chi connectivity index (χ1v) is 6.31. The van der Waals surface area contributed by atoms with Crippen LogP contribution in [0.5, 0.6) is 0 Å². The van der Waals surface area contributed by atoms with Crippen molar-refractivity contribution in [3.63, 3.8) is 0 Å². The molecule has 0 fully saturated rings. The Morgan fingerprint density at radius 3 is 2.94 bits per heavy atom. The Bertz CT molecular complexity index is 343. The standard InChI is InChI=1S/C12H22N4/c1-9(2)3-5-11-14-15-12-6-4-10(7-13)8-16(11)12/h9-10H,3-8,13H2,1-2H3. The zero-order valence-corrected chi connectivity index (χ0v) is 10.3. The molecule has 0 amide bonds. The Balaban J connectivity index is 2.07. The minimum absolute atomic E-state index is 0.612. The van der Waals surface area contributed by atoms with Crippen LogP contribution in [0.3, 0.4) is 0 Å². The summed E-state index contributed by atoms with van der Waals surface area (Å²) in [5.41, 5.74) is 5.75. The van der Waals surface area contributed by atoms with Crippen molar-refractivity contribution in [2.45, 2.75) is 46.1 Å². The molecule has 2 N–H and O–H groups in total. The molecule has 4 heteroatoms. The lowest BCUT2D eigenvalue weighted by Crippen LogP contribution is -2.27. The number of nitrogens with zero attached hydrogens (tertiary/aromatic N) is 3. The van der Waals surface area contributed by atoms with E-state index in [-0.39, 0.29) is 0 Å². The van der Waals surface area contributed by atoms with E-state index in [0.29, 0.717) is 5.92 Å². The van der Waals surface area contributed by atoms with E-state index in [0.717, 1.165) is 43.5 Å². The van der Waals surface area contributed by atoms with Gasteiger partial charge in [0.05, 0.1) is 0 Å². The Hall–Kier alpha value is -0.900. The van der Waals surface area contributed by atoms with Gasteiger partial charge in [-0.2, -0.15) is 0 Å². The summed E-state index contributed by atoms with van der Waals surface area (Å²) in [7, 11) is 0. The van der Waals surface area contributed by atoms with E-state index in [9.17, 15) is 0 Å². The van der Waals surface area contributed by atoms with E-state index >= 15 is 0 Å². The molecule has 1 aliphatic rings. The predicted octanol–water partition coefficient (Wildman–Crippen LogP) is 1.39. The van der Waals surface area contributed by atoms with E-state index in [1.807, 2.05) is 0 Å². The van der Waals surface area contributed by atoms with Gasteiger partial charge in [-0.1, -0.05) is 13.8 Å². The molecule has 2 heterocycles. The van der Waals surface area contributed by atoms with Gasteiger partial charge in [-0.05, 0) is 31.2 Å². The Morgan fingerprint density at radius 2 is 2.25 bits per heavy atom. The fourth-order valence-corrected chi connectivity index (χ4v) is 2.25. The third kappa shape index (κ3) is 2.43. The van der Waals surface area contributed by atoms with Crippen molar-refractivity contribution in [3.05, 3.63) is 11.6 Å². The van der Waals surface area contributed by atoms with Gasteiger partial charge in [0.25, 0.3) is 0 Å². The Labute approximate surface area is 97.2 Å². The second-order valence-electron chi connectivity index (χ2n) is 5.22. The van der Waals surface area contributed by atoms with E-state index in [4.69, 9.17) is 5.73 Å². The third-order valence-electron chi connectivity index (χ3n) is 3.40. The highest BCUT2D eigenvalue weighted by atomic mass is 15.3. The number of fused-ring (bicyclic) bond motifs is 1. The molecule has 0 spiro atoms. The third-order valence-corrected chi connectivity index (χ3v) is 3.40. The van der Waals surface area contributed by atoms with Gasteiger partial charge in [0.2, 0.25) is 0 Å². The number of hydrogen-bond donors (Lipinski definition) is 1. The van der Waals surface area contributed by atoms with Gasteiger partial charge in [0.15, 0.2) is 0 Å². The molecule has 90 valence electrons. The van der Waals surface area contributed by atoms with E-state index in [2.05, 4.69) is 28.6 Å². The van der Waals surface area contributed by atoms with E-state index in [1.165, 1.54) is 12.8 Å². The van der Waals surface area contributed by atoms with Crippen molar-refractivity contribution in [1.29, 1.82) is 0 Å². The van der Waals surface area contributed by atoms with Crippen LogP contribution in [-0.4, -0.2) is 21.3 Å². The zero-order valence-electron chi connectivity index (χ0n) is 10.3. The summed E-state index contributed by atoms with van der Waals surface area (Å²) >= 11 is 0. The molecule has 0 aliphatic carbocycles. The molecule has 0 saturated carbocycles. The molecule has 4 nitrogen and oxygen atoms in total. The highest BCUT2D eigenvalue weighted by Crippen LogP contribution is 2.20. The highest BCUT2D eigenvalue weighted by Gasteiger charge is 2.21. The van der Waals surface area contributed by atoms with Crippen LogP contribution < -0.4 is 5.73 Å². The molecule has 0 bridgehead atoms. The molecule has 1 aliphatic heterocycles. The maximum Gasteiger partial charge on any atom is 0.133 e. The average molecular weight is 222 g/mol. The second kappa shape index (κ2) is 4.95. The SMILES string of the molecule is CC(C)CCc1nnc2n1CC(CN)CC2. The monoisotopic (exact) mass is 222 g/mol. The second-order valence-corrected chi connectivity index (χ2v) is 5.22. The van der Waals surface area contributed by atoms with Crippen molar-refractivity contribution >= 4 is 0 Å². The number of aromatic nitrogens is 3. The van der Waals surface area contributed by atoms with Crippen molar-refractivity contribution in [2.24, 2.45) is 17.6 Å². The highest BCUT2D eigenvalue weighted by molar-refractivity contribution is 5.00. The lowest BCUT2D eigenvalue weighted by Gasteiger charge is -2.23. The van der Waals surface area contributed by atoms with Gasteiger partial charge >= 0.3 is 0 Å². The first kappa shape index (κ1) is 11.6. The van der Waals surface area contributed by atoms with Crippen LogP contribution in [0.1, 0.15) is 38.3 Å². The van der Waals surface area contributed by atoms with Gasteiger partial charge in [0.1, 0.15) is 11.6 Å². The first-order valence-electron chi connectivity index (χ1n) is 6.31.